The monoisotopic (exact) mass is 325 g/mol. The molecule has 0 saturated carbocycles. The molecule has 1 atom stereocenters. The van der Waals surface area contributed by atoms with Crippen molar-refractivity contribution < 1.29 is 13.2 Å². The summed E-state index contributed by atoms with van der Waals surface area (Å²) in [5.41, 5.74) is 2.50. The molecular formula is C15H23N3O3S. The number of hydrogen-bond donors (Lipinski definition) is 3. The molecule has 2 rings (SSSR count). The third-order valence-corrected chi connectivity index (χ3v) is 4.41. The van der Waals surface area contributed by atoms with E-state index >= 15 is 0 Å². The van der Waals surface area contributed by atoms with E-state index in [1.54, 1.807) is 0 Å². The Balaban J connectivity index is 1.74. The van der Waals surface area contributed by atoms with Crippen LogP contribution in [0.4, 0.5) is 4.79 Å². The molecule has 22 heavy (non-hydrogen) atoms. The highest BCUT2D eigenvalue weighted by atomic mass is 32.2. The van der Waals surface area contributed by atoms with Crippen LogP contribution in [0.3, 0.4) is 0 Å². The van der Waals surface area contributed by atoms with Crippen molar-refractivity contribution in [3.05, 3.63) is 35.4 Å². The summed E-state index contributed by atoms with van der Waals surface area (Å²) in [5, 5.41) is 5.76. The van der Waals surface area contributed by atoms with Crippen LogP contribution in [0.25, 0.3) is 0 Å². The van der Waals surface area contributed by atoms with Crippen LogP contribution in [-0.2, 0) is 16.4 Å². The Kier molecular flexibility index (Phi) is 5.79. The van der Waals surface area contributed by atoms with Crippen LogP contribution in [0.15, 0.2) is 24.3 Å². The predicted octanol–water partition coefficient (Wildman–Crippen LogP) is 1.30. The highest BCUT2D eigenvalue weighted by Gasteiger charge is 2.20. The Labute approximate surface area is 131 Å². The van der Waals surface area contributed by atoms with E-state index < -0.39 is 10.0 Å². The third kappa shape index (κ3) is 5.31. The van der Waals surface area contributed by atoms with Gasteiger partial charge in [-0.2, -0.15) is 0 Å². The summed E-state index contributed by atoms with van der Waals surface area (Å²) in [6.45, 7) is 0.758. The topological polar surface area (TPSA) is 87.3 Å². The van der Waals surface area contributed by atoms with Crippen molar-refractivity contribution in [2.24, 2.45) is 0 Å². The van der Waals surface area contributed by atoms with Crippen LogP contribution < -0.4 is 15.4 Å². The van der Waals surface area contributed by atoms with E-state index in [9.17, 15) is 13.2 Å². The van der Waals surface area contributed by atoms with E-state index in [1.807, 2.05) is 12.1 Å². The minimum Gasteiger partial charge on any atom is -0.338 e. The van der Waals surface area contributed by atoms with Crippen molar-refractivity contribution in [3.8, 4) is 0 Å². The smallest absolute Gasteiger partial charge is 0.315 e. The van der Waals surface area contributed by atoms with E-state index in [2.05, 4.69) is 27.5 Å². The molecule has 0 aliphatic heterocycles. The first-order valence-corrected chi connectivity index (χ1v) is 9.41. The fraction of sp³-hybridized carbons (Fsp3) is 0.533. The maximum absolute atomic E-state index is 11.9. The molecule has 0 radical (unpaired) electrons. The summed E-state index contributed by atoms with van der Waals surface area (Å²) < 4.78 is 24.2. The molecule has 0 fully saturated rings. The lowest BCUT2D eigenvalue weighted by molar-refractivity contribution is 0.235. The molecule has 0 bridgehead atoms. The molecule has 0 heterocycles. The molecule has 1 aromatic carbocycles. The molecule has 1 aliphatic carbocycles. The van der Waals surface area contributed by atoms with Gasteiger partial charge in [0.25, 0.3) is 0 Å². The van der Waals surface area contributed by atoms with E-state index in [4.69, 9.17) is 0 Å². The zero-order valence-electron chi connectivity index (χ0n) is 12.8. The van der Waals surface area contributed by atoms with Crippen molar-refractivity contribution in [1.29, 1.82) is 0 Å². The van der Waals surface area contributed by atoms with Gasteiger partial charge >= 0.3 is 6.03 Å². The lowest BCUT2D eigenvalue weighted by Gasteiger charge is -2.26. The maximum atomic E-state index is 11.9. The van der Waals surface area contributed by atoms with Gasteiger partial charge in [0.15, 0.2) is 0 Å². The summed E-state index contributed by atoms with van der Waals surface area (Å²) in [7, 11) is -3.16. The highest BCUT2D eigenvalue weighted by Crippen LogP contribution is 2.29. The minimum atomic E-state index is -3.16. The maximum Gasteiger partial charge on any atom is 0.315 e. The summed E-state index contributed by atoms with van der Waals surface area (Å²) >= 11 is 0. The lowest BCUT2D eigenvalue weighted by atomic mass is 9.88. The SMILES string of the molecule is CS(=O)(=O)NCCCNC(=O)NC1CCCc2ccccc21. The average molecular weight is 325 g/mol. The number of fused-ring (bicyclic) bond motifs is 1. The molecule has 1 aliphatic rings. The van der Waals surface area contributed by atoms with Gasteiger partial charge in [-0.3, -0.25) is 0 Å². The number of amides is 2. The highest BCUT2D eigenvalue weighted by molar-refractivity contribution is 7.88. The Bertz CT molecular complexity index is 616. The first-order valence-electron chi connectivity index (χ1n) is 7.52. The van der Waals surface area contributed by atoms with Crippen molar-refractivity contribution in [2.75, 3.05) is 19.3 Å². The van der Waals surface area contributed by atoms with Gasteiger partial charge in [0.2, 0.25) is 10.0 Å². The first-order chi connectivity index (χ1) is 10.5. The number of urea groups is 1. The Morgan fingerprint density at radius 2 is 2.05 bits per heavy atom. The zero-order valence-corrected chi connectivity index (χ0v) is 13.6. The van der Waals surface area contributed by atoms with Crippen LogP contribution in [0.2, 0.25) is 0 Å². The van der Waals surface area contributed by atoms with E-state index in [0.717, 1.165) is 25.5 Å². The summed E-state index contributed by atoms with van der Waals surface area (Å²) in [6.07, 6.45) is 4.75. The predicted molar refractivity (Wildman–Crippen MR) is 86.1 cm³/mol. The van der Waals surface area contributed by atoms with Crippen molar-refractivity contribution >= 4 is 16.1 Å². The minimum absolute atomic E-state index is 0.0547. The van der Waals surface area contributed by atoms with Gasteiger partial charge in [-0.05, 0) is 36.8 Å². The Morgan fingerprint density at radius 1 is 1.27 bits per heavy atom. The summed E-state index contributed by atoms with van der Waals surface area (Å²) in [4.78, 5) is 11.9. The fourth-order valence-corrected chi connectivity index (χ4v) is 3.18. The Morgan fingerprint density at radius 3 is 2.82 bits per heavy atom. The zero-order chi connectivity index (χ0) is 16.0. The van der Waals surface area contributed by atoms with Crippen LogP contribution in [-0.4, -0.2) is 33.8 Å². The van der Waals surface area contributed by atoms with Gasteiger partial charge < -0.3 is 10.6 Å². The second-order valence-corrected chi connectivity index (χ2v) is 7.40. The van der Waals surface area contributed by atoms with Gasteiger partial charge in [-0.15, -0.1) is 0 Å². The first kappa shape index (κ1) is 16.8. The van der Waals surface area contributed by atoms with Crippen molar-refractivity contribution in [2.45, 2.75) is 31.7 Å². The molecule has 3 N–H and O–H groups in total. The van der Waals surface area contributed by atoms with Crippen LogP contribution in [0, 0.1) is 0 Å². The van der Waals surface area contributed by atoms with Crippen LogP contribution >= 0.6 is 0 Å². The normalized spacial score (nSPS) is 17.6. The number of rotatable bonds is 6. The van der Waals surface area contributed by atoms with Gasteiger partial charge in [-0.1, -0.05) is 24.3 Å². The molecule has 6 nitrogen and oxygen atoms in total. The molecule has 2 amide bonds. The second-order valence-electron chi connectivity index (χ2n) is 5.56. The molecule has 122 valence electrons. The number of sulfonamides is 1. The van der Waals surface area contributed by atoms with E-state index in [1.165, 1.54) is 11.1 Å². The molecule has 0 saturated heterocycles. The number of aryl methyl sites for hydroxylation is 1. The van der Waals surface area contributed by atoms with E-state index in [-0.39, 0.29) is 12.1 Å². The average Bonchev–Trinajstić information content (AvgIpc) is 2.46. The van der Waals surface area contributed by atoms with Gasteiger partial charge in [0.1, 0.15) is 0 Å². The van der Waals surface area contributed by atoms with Crippen LogP contribution in [0.1, 0.15) is 36.4 Å². The van der Waals surface area contributed by atoms with Gasteiger partial charge in [0, 0.05) is 13.1 Å². The molecule has 7 heteroatoms. The number of benzene rings is 1. The molecule has 1 unspecified atom stereocenters. The second kappa shape index (κ2) is 7.60. The quantitative estimate of drug-likeness (QED) is 0.689. The third-order valence-electron chi connectivity index (χ3n) is 3.68. The fourth-order valence-electron chi connectivity index (χ4n) is 2.66. The summed E-state index contributed by atoms with van der Waals surface area (Å²) in [6, 6.07) is 8.04. The molecule has 0 spiro atoms. The van der Waals surface area contributed by atoms with Crippen molar-refractivity contribution in [1.82, 2.24) is 15.4 Å². The summed E-state index contributed by atoms with van der Waals surface area (Å²) in [5.74, 6) is 0. The lowest BCUT2D eigenvalue weighted by Crippen LogP contribution is -2.40. The number of hydrogen-bond acceptors (Lipinski definition) is 3. The molecule has 0 aromatic heterocycles. The largest absolute Gasteiger partial charge is 0.338 e. The number of carbonyl (C=O) groups is 1. The van der Waals surface area contributed by atoms with Gasteiger partial charge in [0.05, 0.1) is 12.3 Å². The van der Waals surface area contributed by atoms with Crippen LogP contribution in [0.5, 0.6) is 0 Å². The molecule has 1 aromatic rings. The van der Waals surface area contributed by atoms with Crippen molar-refractivity contribution in [3.63, 3.8) is 0 Å². The number of carbonyl (C=O) groups excluding carboxylic acids is 1. The Hall–Kier alpha value is -1.60. The van der Waals surface area contributed by atoms with Gasteiger partial charge in [-0.25, -0.2) is 17.9 Å². The van der Waals surface area contributed by atoms with E-state index in [0.29, 0.717) is 19.5 Å². The number of nitrogens with one attached hydrogen (secondary N) is 3. The molecular weight excluding hydrogens is 302 g/mol. The standard InChI is InChI=1S/C15H23N3O3S/c1-22(20,21)17-11-5-10-16-15(19)18-14-9-4-7-12-6-2-3-8-13(12)14/h2-3,6,8,14,17H,4-5,7,9-11H2,1H3,(H2,16,18,19).